The average molecular weight is 254 g/mol. The zero-order valence-corrected chi connectivity index (χ0v) is 12.3. The van der Waals surface area contributed by atoms with Crippen molar-refractivity contribution in [2.24, 2.45) is 11.8 Å². The molecule has 1 saturated heterocycles. The fraction of sp³-hybridized carbons (Fsp3) is 0.933. The van der Waals surface area contributed by atoms with E-state index < -0.39 is 0 Å². The van der Waals surface area contributed by atoms with E-state index in [0.29, 0.717) is 6.04 Å². The second-order valence-electron chi connectivity index (χ2n) is 6.03. The summed E-state index contributed by atoms with van der Waals surface area (Å²) in [5.74, 6) is 1.25. The molecule has 3 heteroatoms. The van der Waals surface area contributed by atoms with Crippen LogP contribution in [0.25, 0.3) is 0 Å². The van der Waals surface area contributed by atoms with Crippen LogP contribution in [-0.2, 0) is 4.79 Å². The van der Waals surface area contributed by atoms with Gasteiger partial charge in [0.05, 0.1) is 5.92 Å². The van der Waals surface area contributed by atoms with Gasteiger partial charge in [-0.05, 0) is 32.2 Å². The smallest absolute Gasteiger partial charge is 0.224 e. The number of unbranched alkanes of at least 4 members (excludes halogenated alkanes) is 3. The fourth-order valence-electron chi connectivity index (χ4n) is 2.59. The van der Waals surface area contributed by atoms with Crippen molar-refractivity contribution < 1.29 is 4.79 Å². The Bertz CT molecular complexity index is 241. The molecule has 3 nitrogen and oxygen atoms in total. The van der Waals surface area contributed by atoms with Gasteiger partial charge in [0, 0.05) is 12.6 Å². The van der Waals surface area contributed by atoms with E-state index in [-0.39, 0.29) is 11.8 Å². The van der Waals surface area contributed by atoms with Gasteiger partial charge in [0.2, 0.25) is 5.91 Å². The van der Waals surface area contributed by atoms with E-state index in [9.17, 15) is 4.79 Å². The molecular formula is C15H30N2O. The quantitative estimate of drug-likeness (QED) is 0.654. The Balaban J connectivity index is 1.96. The summed E-state index contributed by atoms with van der Waals surface area (Å²) in [5, 5.41) is 6.39. The number of carbonyl (C=O) groups excluding carboxylic acids is 1. The van der Waals surface area contributed by atoms with Crippen molar-refractivity contribution in [1.29, 1.82) is 0 Å². The van der Waals surface area contributed by atoms with Crippen LogP contribution in [0.3, 0.4) is 0 Å². The highest BCUT2D eigenvalue weighted by molar-refractivity contribution is 5.79. The first-order valence-corrected chi connectivity index (χ1v) is 7.62. The maximum Gasteiger partial charge on any atom is 0.224 e. The normalized spacial score (nSPS) is 23.6. The third-order valence-electron chi connectivity index (χ3n) is 3.87. The minimum Gasteiger partial charge on any atom is -0.356 e. The predicted molar refractivity (Wildman–Crippen MR) is 76.5 cm³/mol. The standard InChI is InChI=1S/C15H30N2O/c1-12(2)8-6-4-5-7-10-17-15(18)14-9-11-16-13(14)3/h12-14,16H,4-11H2,1-3H3,(H,17,18). The zero-order valence-electron chi connectivity index (χ0n) is 12.3. The number of rotatable bonds is 8. The highest BCUT2D eigenvalue weighted by atomic mass is 16.1. The van der Waals surface area contributed by atoms with Gasteiger partial charge in [-0.3, -0.25) is 4.79 Å². The minimum absolute atomic E-state index is 0.186. The molecule has 1 fully saturated rings. The molecule has 1 rings (SSSR count). The van der Waals surface area contributed by atoms with Crippen LogP contribution in [0.1, 0.15) is 59.3 Å². The van der Waals surface area contributed by atoms with E-state index >= 15 is 0 Å². The van der Waals surface area contributed by atoms with Gasteiger partial charge in [-0.15, -0.1) is 0 Å². The molecule has 0 aromatic heterocycles. The zero-order chi connectivity index (χ0) is 13.4. The van der Waals surface area contributed by atoms with Gasteiger partial charge >= 0.3 is 0 Å². The van der Waals surface area contributed by atoms with Crippen LogP contribution in [0, 0.1) is 11.8 Å². The number of hydrogen-bond donors (Lipinski definition) is 2. The molecule has 0 aliphatic carbocycles. The van der Waals surface area contributed by atoms with Gasteiger partial charge in [-0.2, -0.15) is 0 Å². The number of hydrogen-bond acceptors (Lipinski definition) is 2. The predicted octanol–water partition coefficient (Wildman–Crippen LogP) is 2.71. The van der Waals surface area contributed by atoms with Crippen LogP contribution < -0.4 is 10.6 Å². The molecule has 2 N–H and O–H groups in total. The topological polar surface area (TPSA) is 41.1 Å². The highest BCUT2D eigenvalue weighted by Crippen LogP contribution is 2.15. The van der Waals surface area contributed by atoms with E-state index in [4.69, 9.17) is 0 Å². The third-order valence-corrected chi connectivity index (χ3v) is 3.87. The molecule has 1 amide bonds. The van der Waals surface area contributed by atoms with Crippen LogP contribution >= 0.6 is 0 Å². The molecule has 2 atom stereocenters. The SMILES string of the molecule is CC(C)CCCCCCNC(=O)C1CCNC1C. The summed E-state index contributed by atoms with van der Waals surface area (Å²) in [6.45, 7) is 8.48. The first kappa shape index (κ1) is 15.5. The largest absolute Gasteiger partial charge is 0.356 e. The molecule has 0 radical (unpaired) electrons. The van der Waals surface area contributed by atoms with Crippen molar-refractivity contribution >= 4 is 5.91 Å². The van der Waals surface area contributed by atoms with E-state index in [1.807, 2.05) is 0 Å². The molecule has 0 aromatic rings. The lowest BCUT2D eigenvalue weighted by atomic mass is 10.0. The van der Waals surface area contributed by atoms with Gasteiger partial charge < -0.3 is 10.6 Å². The Morgan fingerprint density at radius 3 is 2.61 bits per heavy atom. The molecule has 1 aliphatic rings. The molecule has 0 saturated carbocycles. The summed E-state index contributed by atoms with van der Waals surface area (Å²) in [7, 11) is 0. The van der Waals surface area contributed by atoms with Gasteiger partial charge in [0.25, 0.3) is 0 Å². The van der Waals surface area contributed by atoms with Crippen molar-refractivity contribution in [3.8, 4) is 0 Å². The van der Waals surface area contributed by atoms with E-state index in [1.165, 1.54) is 25.7 Å². The summed E-state index contributed by atoms with van der Waals surface area (Å²) >= 11 is 0. The van der Waals surface area contributed by atoms with Gasteiger partial charge in [0.1, 0.15) is 0 Å². The Morgan fingerprint density at radius 2 is 2.00 bits per heavy atom. The van der Waals surface area contributed by atoms with E-state index in [0.717, 1.165) is 31.8 Å². The second-order valence-corrected chi connectivity index (χ2v) is 6.03. The summed E-state index contributed by atoms with van der Waals surface area (Å²) in [6, 6.07) is 0.344. The number of nitrogens with one attached hydrogen (secondary N) is 2. The van der Waals surface area contributed by atoms with Crippen molar-refractivity contribution in [2.75, 3.05) is 13.1 Å². The fourth-order valence-corrected chi connectivity index (χ4v) is 2.59. The monoisotopic (exact) mass is 254 g/mol. The summed E-state index contributed by atoms with van der Waals surface area (Å²) in [4.78, 5) is 11.9. The lowest BCUT2D eigenvalue weighted by molar-refractivity contribution is -0.125. The van der Waals surface area contributed by atoms with Gasteiger partial charge in [-0.25, -0.2) is 0 Å². The van der Waals surface area contributed by atoms with Crippen LogP contribution in [0.15, 0.2) is 0 Å². The van der Waals surface area contributed by atoms with Crippen LogP contribution in [-0.4, -0.2) is 25.0 Å². The molecule has 1 aliphatic heterocycles. The first-order valence-electron chi connectivity index (χ1n) is 7.62. The lowest BCUT2D eigenvalue weighted by Gasteiger charge is -2.14. The summed E-state index contributed by atoms with van der Waals surface area (Å²) in [6.07, 6.45) is 7.31. The molecule has 2 unspecified atom stereocenters. The summed E-state index contributed by atoms with van der Waals surface area (Å²) < 4.78 is 0. The Kier molecular flexibility index (Phi) is 7.33. The first-order chi connectivity index (χ1) is 8.61. The maximum atomic E-state index is 11.9. The lowest BCUT2D eigenvalue weighted by Crippen LogP contribution is -2.37. The molecule has 0 spiro atoms. The maximum absolute atomic E-state index is 11.9. The van der Waals surface area contributed by atoms with Crippen molar-refractivity contribution in [3.05, 3.63) is 0 Å². The molecule has 0 aromatic carbocycles. The van der Waals surface area contributed by atoms with Gasteiger partial charge in [-0.1, -0.05) is 39.5 Å². The molecule has 0 bridgehead atoms. The molecule has 18 heavy (non-hydrogen) atoms. The van der Waals surface area contributed by atoms with E-state index in [2.05, 4.69) is 31.4 Å². The van der Waals surface area contributed by atoms with Crippen molar-refractivity contribution in [3.63, 3.8) is 0 Å². The molecule has 1 heterocycles. The highest BCUT2D eigenvalue weighted by Gasteiger charge is 2.28. The average Bonchev–Trinajstić information content (AvgIpc) is 2.73. The minimum atomic E-state index is 0.186. The van der Waals surface area contributed by atoms with Gasteiger partial charge in [0.15, 0.2) is 0 Å². The summed E-state index contributed by atoms with van der Waals surface area (Å²) in [5.41, 5.74) is 0. The molecule has 106 valence electrons. The molecular weight excluding hydrogens is 224 g/mol. The van der Waals surface area contributed by atoms with Crippen LogP contribution in [0.2, 0.25) is 0 Å². The second kappa shape index (κ2) is 8.52. The Morgan fingerprint density at radius 1 is 1.28 bits per heavy atom. The Hall–Kier alpha value is -0.570. The van der Waals surface area contributed by atoms with Crippen molar-refractivity contribution in [1.82, 2.24) is 10.6 Å². The third kappa shape index (κ3) is 5.85. The Labute approximate surface area is 112 Å². The van der Waals surface area contributed by atoms with Crippen LogP contribution in [0.4, 0.5) is 0 Å². The number of amides is 1. The van der Waals surface area contributed by atoms with Crippen molar-refractivity contribution in [2.45, 2.75) is 65.3 Å². The van der Waals surface area contributed by atoms with Crippen LogP contribution in [0.5, 0.6) is 0 Å². The van der Waals surface area contributed by atoms with E-state index in [1.54, 1.807) is 0 Å². The number of carbonyl (C=O) groups is 1.